The first-order valence-electron chi connectivity index (χ1n) is 14.5. The van der Waals surface area contributed by atoms with Gasteiger partial charge in [0.25, 0.3) is 11.8 Å². The number of ether oxygens (including phenoxy) is 1. The van der Waals surface area contributed by atoms with Crippen molar-refractivity contribution in [1.82, 2.24) is 10.3 Å². The minimum atomic E-state index is -1.43. The summed E-state index contributed by atoms with van der Waals surface area (Å²) in [6.45, 7) is 1.95. The monoisotopic (exact) mass is 611 g/mol. The number of hydrogen-bond acceptors (Lipinski definition) is 7. The summed E-state index contributed by atoms with van der Waals surface area (Å²) in [5, 5.41) is 14.2. The number of carbonyl (C=O) groups is 4. The minimum absolute atomic E-state index is 0.0238. The van der Waals surface area contributed by atoms with Crippen LogP contribution in [0.5, 0.6) is 11.5 Å². The lowest BCUT2D eigenvalue weighted by Crippen LogP contribution is -2.53. The van der Waals surface area contributed by atoms with Gasteiger partial charge in [-0.2, -0.15) is 5.01 Å². The molecular formula is C34H30ClN3O6. The molecule has 0 radical (unpaired) electrons. The second kappa shape index (κ2) is 10.2. The van der Waals surface area contributed by atoms with E-state index in [-0.39, 0.29) is 34.8 Å². The molecule has 2 heterocycles. The first kappa shape index (κ1) is 28.2. The molecule has 224 valence electrons. The first-order chi connectivity index (χ1) is 21.2. The lowest BCUT2D eigenvalue weighted by atomic mass is 9.49. The Morgan fingerprint density at radius 2 is 1.73 bits per heavy atom. The van der Waals surface area contributed by atoms with Gasteiger partial charge >= 0.3 is 0 Å². The third-order valence-electron chi connectivity index (χ3n) is 9.84. The maximum Gasteiger partial charge on any atom is 0.260 e. The molecule has 3 fully saturated rings. The number of methoxy groups -OCH3 is 1. The Morgan fingerprint density at radius 1 is 1.00 bits per heavy atom. The molecule has 7 rings (SSSR count). The zero-order valence-electron chi connectivity index (χ0n) is 24.0. The predicted molar refractivity (Wildman–Crippen MR) is 162 cm³/mol. The van der Waals surface area contributed by atoms with E-state index in [2.05, 4.69) is 10.7 Å². The van der Waals surface area contributed by atoms with Crippen molar-refractivity contribution in [3.05, 3.63) is 100 Å². The predicted octanol–water partition coefficient (Wildman–Crippen LogP) is 4.64. The Balaban J connectivity index is 1.49. The highest BCUT2D eigenvalue weighted by atomic mass is 35.5. The molecule has 2 saturated heterocycles. The number of aromatic hydroxyl groups is 1. The third-order valence-corrected chi connectivity index (χ3v) is 10.1. The highest BCUT2D eigenvalue weighted by Crippen LogP contribution is 2.64. The van der Waals surface area contributed by atoms with E-state index in [9.17, 15) is 19.5 Å². The number of nitrogens with zero attached hydrogens (tertiary/aromatic N) is 1. The second-order valence-electron chi connectivity index (χ2n) is 12.0. The van der Waals surface area contributed by atoms with Crippen LogP contribution in [0.1, 0.15) is 35.4 Å². The number of hydrogen-bond donors (Lipinski definition) is 3. The summed E-state index contributed by atoms with van der Waals surface area (Å²) in [6, 6.07) is 19.8. The number of amides is 4. The molecule has 3 aromatic rings. The number of phenolic OH excluding ortho intramolecular Hbond substituents is 1. The molecular weight excluding hydrogens is 582 g/mol. The Labute approximate surface area is 258 Å². The van der Waals surface area contributed by atoms with Crippen molar-refractivity contribution in [2.24, 2.45) is 23.7 Å². The fraction of sp³-hybridized carbons (Fsp3) is 0.294. The standard InChI is InChI=1S/C34H30ClN3O6/c1-17-8-10-20(11-9-17)37-38-32(42)24-16-23-21(12-13-22-27(23)31(41)36-30(22)40)28(18-14-25(35)29(39)26(15-18)44-2)34(24,33(38)43)19-6-4-3-5-7-19/h3-12,14-15,22-24,27-28,37,39H,13,16H2,1-2H3,(H,36,40,41). The van der Waals surface area contributed by atoms with Gasteiger partial charge in [0, 0.05) is 5.92 Å². The summed E-state index contributed by atoms with van der Waals surface area (Å²) in [5.74, 6) is -5.05. The van der Waals surface area contributed by atoms with Crippen LogP contribution in [0, 0.1) is 30.6 Å². The van der Waals surface area contributed by atoms with Crippen molar-refractivity contribution >= 4 is 40.9 Å². The Morgan fingerprint density at radius 3 is 2.43 bits per heavy atom. The van der Waals surface area contributed by atoms with Gasteiger partial charge in [-0.05, 0) is 61.1 Å². The van der Waals surface area contributed by atoms with Gasteiger partial charge in [0.2, 0.25) is 11.8 Å². The number of imide groups is 2. The molecule has 0 bridgehead atoms. The molecule has 0 spiro atoms. The lowest BCUT2D eigenvalue weighted by molar-refractivity contribution is -0.138. The third kappa shape index (κ3) is 3.91. The van der Waals surface area contributed by atoms with Crippen molar-refractivity contribution in [1.29, 1.82) is 0 Å². The van der Waals surface area contributed by atoms with E-state index in [4.69, 9.17) is 16.3 Å². The van der Waals surface area contributed by atoms with Crippen LogP contribution in [0.15, 0.2) is 78.4 Å². The zero-order chi connectivity index (χ0) is 30.9. The van der Waals surface area contributed by atoms with Crippen molar-refractivity contribution in [3.8, 4) is 11.5 Å². The van der Waals surface area contributed by atoms with Crippen molar-refractivity contribution in [3.63, 3.8) is 0 Å². The zero-order valence-corrected chi connectivity index (χ0v) is 24.8. The average Bonchev–Trinajstić information content (AvgIpc) is 3.43. The van der Waals surface area contributed by atoms with Gasteiger partial charge < -0.3 is 9.84 Å². The maximum absolute atomic E-state index is 15.0. The molecule has 6 atom stereocenters. The Hall–Kier alpha value is -4.63. The number of fused-ring (bicyclic) bond motifs is 4. The van der Waals surface area contributed by atoms with Crippen LogP contribution >= 0.6 is 11.6 Å². The fourth-order valence-corrected chi connectivity index (χ4v) is 8.17. The van der Waals surface area contributed by atoms with Crippen LogP contribution < -0.4 is 15.5 Å². The van der Waals surface area contributed by atoms with Crippen LogP contribution in [0.2, 0.25) is 5.02 Å². The molecule has 9 nitrogen and oxygen atoms in total. The number of aryl methyl sites for hydroxylation is 1. The number of nitrogens with one attached hydrogen (secondary N) is 2. The van der Waals surface area contributed by atoms with Gasteiger partial charge in [0.05, 0.1) is 41.0 Å². The number of anilines is 1. The number of carbonyl (C=O) groups excluding carboxylic acids is 4. The van der Waals surface area contributed by atoms with Gasteiger partial charge in [0.1, 0.15) is 0 Å². The van der Waals surface area contributed by atoms with Gasteiger partial charge in [0.15, 0.2) is 11.5 Å². The van der Waals surface area contributed by atoms with Crippen LogP contribution in [0.3, 0.4) is 0 Å². The molecule has 44 heavy (non-hydrogen) atoms. The molecule has 0 aromatic heterocycles. The van der Waals surface area contributed by atoms with E-state index >= 15 is 4.79 Å². The number of allylic oxidation sites excluding steroid dienone is 2. The van der Waals surface area contributed by atoms with E-state index in [1.807, 2.05) is 55.5 Å². The van der Waals surface area contributed by atoms with Crippen LogP contribution in [-0.2, 0) is 24.6 Å². The summed E-state index contributed by atoms with van der Waals surface area (Å²) in [4.78, 5) is 55.5. The van der Waals surface area contributed by atoms with E-state index < -0.39 is 46.8 Å². The summed E-state index contributed by atoms with van der Waals surface area (Å²) >= 11 is 6.54. The maximum atomic E-state index is 15.0. The molecule has 3 aromatic carbocycles. The molecule has 4 amide bonds. The minimum Gasteiger partial charge on any atom is -0.503 e. The molecule has 4 aliphatic rings. The number of phenols is 1. The normalized spacial score (nSPS) is 29.0. The topological polar surface area (TPSA) is 125 Å². The van der Waals surface area contributed by atoms with Crippen molar-refractivity contribution in [2.45, 2.75) is 31.1 Å². The summed E-state index contributed by atoms with van der Waals surface area (Å²) in [7, 11) is 1.41. The second-order valence-corrected chi connectivity index (χ2v) is 12.4. The van der Waals surface area contributed by atoms with Gasteiger partial charge in [-0.3, -0.25) is 29.9 Å². The fourth-order valence-electron chi connectivity index (χ4n) is 7.95. The van der Waals surface area contributed by atoms with E-state index in [0.717, 1.165) is 16.1 Å². The van der Waals surface area contributed by atoms with Crippen molar-refractivity contribution < 1.29 is 29.0 Å². The summed E-state index contributed by atoms with van der Waals surface area (Å²) < 4.78 is 5.46. The van der Waals surface area contributed by atoms with Crippen molar-refractivity contribution in [2.75, 3.05) is 12.5 Å². The Bertz CT molecular complexity index is 1760. The molecule has 10 heteroatoms. The molecule has 2 aliphatic heterocycles. The highest BCUT2D eigenvalue weighted by Gasteiger charge is 2.70. The first-order valence-corrected chi connectivity index (χ1v) is 14.9. The number of rotatable bonds is 5. The van der Waals surface area contributed by atoms with E-state index in [1.54, 1.807) is 24.3 Å². The molecule has 3 N–H and O–H groups in total. The largest absolute Gasteiger partial charge is 0.503 e. The summed E-state index contributed by atoms with van der Waals surface area (Å²) in [6.07, 6.45) is 2.46. The number of halogens is 1. The number of hydrazine groups is 1. The van der Waals surface area contributed by atoms with E-state index in [1.165, 1.54) is 7.11 Å². The van der Waals surface area contributed by atoms with Crippen LogP contribution in [0.25, 0.3) is 0 Å². The number of benzene rings is 3. The lowest BCUT2D eigenvalue weighted by Gasteiger charge is -2.50. The van der Waals surface area contributed by atoms with Gasteiger partial charge in [-0.15, -0.1) is 0 Å². The molecule has 2 aliphatic carbocycles. The Kier molecular flexibility index (Phi) is 6.55. The summed E-state index contributed by atoms with van der Waals surface area (Å²) in [5.41, 5.74) is 5.21. The van der Waals surface area contributed by atoms with Gasteiger partial charge in [-0.25, -0.2) is 0 Å². The quantitative estimate of drug-likeness (QED) is 0.284. The van der Waals surface area contributed by atoms with Crippen LogP contribution in [0.4, 0.5) is 5.69 Å². The van der Waals surface area contributed by atoms with E-state index in [0.29, 0.717) is 23.2 Å². The molecule has 6 unspecified atom stereocenters. The average molecular weight is 612 g/mol. The smallest absolute Gasteiger partial charge is 0.260 e. The highest BCUT2D eigenvalue weighted by molar-refractivity contribution is 6.32. The van der Waals surface area contributed by atoms with Crippen LogP contribution in [-0.4, -0.2) is 40.9 Å². The van der Waals surface area contributed by atoms with Gasteiger partial charge in [-0.1, -0.05) is 71.3 Å². The molecule has 1 saturated carbocycles. The SMILES string of the molecule is COc1cc(C2C3=CCC4C(=O)NC(=O)C4C3CC3C(=O)N(Nc4ccc(C)cc4)C(=O)C32c2ccccc2)cc(Cl)c1O.